The number of likely N-dealkylation sites (N-methyl/N-ethyl adjacent to an activating group) is 1. The van der Waals surface area contributed by atoms with E-state index in [1.807, 2.05) is 7.05 Å². The SMILES string of the molecule is CCC(NC)c1ccc(N2CCN(CC)C(C)C2)cc1. The summed E-state index contributed by atoms with van der Waals surface area (Å²) in [5.41, 5.74) is 2.75. The molecule has 0 amide bonds. The zero-order chi connectivity index (χ0) is 14.5. The number of piperazine rings is 1. The summed E-state index contributed by atoms with van der Waals surface area (Å²) in [7, 11) is 2.04. The van der Waals surface area contributed by atoms with Crippen molar-refractivity contribution in [2.75, 3.05) is 38.1 Å². The van der Waals surface area contributed by atoms with Crippen LogP contribution in [-0.2, 0) is 0 Å². The summed E-state index contributed by atoms with van der Waals surface area (Å²) in [6, 6.07) is 10.2. The molecule has 2 unspecified atom stereocenters. The fourth-order valence-corrected chi connectivity index (χ4v) is 3.22. The normalized spacial score (nSPS) is 22.0. The first kappa shape index (κ1) is 15.3. The number of benzene rings is 1. The Morgan fingerprint density at radius 1 is 1.20 bits per heavy atom. The van der Waals surface area contributed by atoms with E-state index in [4.69, 9.17) is 0 Å². The molecule has 112 valence electrons. The van der Waals surface area contributed by atoms with Gasteiger partial charge in [0.1, 0.15) is 0 Å². The van der Waals surface area contributed by atoms with Crippen molar-refractivity contribution in [3.63, 3.8) is 0 Å². The molecule has 0 spiro atoms. The summed E-state index contributed by atoms with van der Waals surface area (Å²) in [5.74, 6) is 0. The van der Waals surface area contributed by atoms with Crippen molar-refractivity contribution in [3.8, 4) is 0 Å². The summed E-state index contributed by atoms with van der Waals surface area (Å²) in [6.45, 7) is 11.4. The van der Waals surface area contributed by atoms with Gasteiger partial charge in [-0.3, -0.25) is 4.90 Å². The molecule has 0 aromatic heterocycles. The first-order valence-corrected chi connectivity index (χ1v) is 7.95. The molecular weight excluding hydrogens is 246 g/mol. The van der Waals surface area contributed by atoms with Crippen LogP contribution in [0.3, 0.4) is 0 Å². The van der Waals surface area contributed by atoms with E-state index in [1.165, 1.54) is 17.8 Å². The first-order chi connectivity index (χ1) is 9.69. The minimum Gasteiger partial charge on any atom is -0.369 e. The van der Waals surface area contributed by atoms with E-state index < -0.39 is 0 Å². The molecule has 2 rings (SSSR count). The van der Waals surface area contributed by atoms with Crippen LogP contribution in [0.25, 0.3) is 0 Å². The molecule has 1 aliphatic rings. The summed E-state index contributed by atoms with van der Waals surface area (Å²) >= 11 is 0. The highest BCUT2D eigenvalue weighted by Crippen LogP contribution is 2.23. The monoisotopic (exact) mass is 275 g/mol. The Bertz CT molecular complexity index is 397. The van der Waals surface area contributed by atoms with E-state index in [9.17, 15) is 0 Å². The van der Waals surface area contributed by atoms with E-state index in [2.05, 4.69) is 60.2 Å². The van der Waals surface area contributed by atoms with Gasteiger partial charge in [0.15, 0.2) is 0 Å². The van der Waals surface area contributed by atoms with Crippen LogP contribution in [0.4, 0.5) is 5.69 Å². The zero-order valence-corrected chi connectivity index (χ0v) is 13.4. The lowest BCUT2D eigenvalue weighted by molar-refractivity contribution is 0.199. The first-order valence-electron chi connectivity index (χ1n) is 7.95. The maximum Gasteiger partial charge on any atom is 0.0367 e. The van der Waals surface area contributed by atoms with Gasteiger partial charge < -0.3 is 10.2 Å². The molecule has 1 fully saturated rings. The van der Waals surface area contributed by atoms with E-state index >= 15 is 0 Å². The Balaban J connectivity index is 2.03. The van der Waals surface area contributed by atoms with Crippen LogP contribution in [0.15, 0.2) is 24.3 Å². The third-order valence-corrected chi connectivity index (χ3v) is 4.59. The maximum absolute atomic E-state index is 3.37. The molecule has 0 aliphatic carbocycles. The van der Waals surface area contributed by atoms with Gasteiger partial charge >= 0.3 is 0 Å². The molecule has 0 saturated carbocycles. The van der Waals surface area contributed by atoms with Crippen molar-refractivity contribution in [2.45, 2.75) is 39.3 Å². The summed E-state index contributed by atoms with van der Waals surface area (Å²) in [5, 5.41) is 3.37. The number of nitrogens with one attached hydrogen (secondary N) is 1. The van der Waals surface area contributed by atoms with Crippen molar-refractivity contribution in [1.29, 1.82) is 0 Å². The van der Waals surface area contributed by atoms with Gasteiger partial charge in [-0.15, -0.1) is 0 Å². The van der Waals surface area contributed by atoms with E-state index in [0.717, 1.165) is 26.1 Å². The highest BCUT2D eigenvalue weighted by atomic mass is 15.3. The van der Waals surface area contributed by atoms with Gasteiger partial charge in [-0.25, -0.2) is 0 Å². The van der Waals surface area contributed by atoms with Crippen LogP contribution < -0.4 is 10.2 Å². The number of hydrogen-bond donors (Lipinski definition) is 1. The smallest absolute Gasteiger partial charge is 0.0367 e. The van der Waals surface area contributed by atoms with E-state index in [-0.39, 0.29) is 0 Å². The molecule has 1 saturated heterocycles. The maximum atomic E-state index is 3.37. The van der Waals surface area contributed by atoms with Crippen molar-refractivity contribution in [2.24, 2.45) is 0 Å². The Kier molecular flexibility index (Phi) is 5.44. The van der Waals surface area contributed by atoms with Crippen LogP contribution in [0, 0.1) is 0 Å². The highest BCUT2D eigenvalue weighted by molar-refractivity contribution is 5.48. The fourth-order valence-electron chi connectivity index (χ4n) is 3.22. The van der Waals surface area contributed by atoms with Gasteiger partial charge in [0.05, 0.1) is 0 Å². The zero-order valence-electron chi connectivity index (χ0n) is 13.4. The largest absolute Gasteiger partial charge is 0.369 e. The number of rotatable bonds is 5. The van der Waals surface area contributed by atoms with Gasteiger partial charge in [0.2, 0.25) is 0 Å². The summed E-state index contributed by atoms with van der Waals surface area (Å²) in [4.78, 5) is 5.07. The van der Waals surface area contributed by atoms with Gasteiger partial charge in [0.25, 0.3) is 0 Å². The fraction of sp³-hybridized carbons (Fsp3) is 0.647. The predicted molar refractivity (Wildman–Crippen MR) is 87.5 cm³/mol. The van der Waals surface area contributed by atoms with Gasteiger partial charge in [-0.05, 0) is 44.6 Å². The van der Waals surface area contributed by atoms with Crippen molar-refractivity contribution in [1.82, 2.24) is 10.2 Å². The van der Waals surface area contributed by atoms with Crippen molar-refractivity contribution < 1.29 is 0 Å². The second-order valence-corrected chi connectivity index (χ2v) is 5.76. The Morgan fingerprint density at radius 2 is 1.90 bits per heavy atom. The molecule has 1 aromatic carbocycles. The molecule has 0 bridgehead atoms. The van der Waals surface area contributed by atoms with Crippen LogP contribution in [0.5, 0.6) is 0 Å². The Hall–Kier alpha value is -1.06. The Labute approximate surface area is 124 Å². The molecule has 1 aliphatic heterocycles. The Morgan fingerprint density at radius 3 is 2.40 bits per heavy atom. The third-order valence-electron chi connectivity index (χ3n) is 4.59. The average Bonchev–Trinajstić information content (AvgIpc) is 2.49. The lowest BCUT2D eigenvalue weighted by atomic mass is 10.0. The molecule has 1 heterocycles. The molecule has 1 aromatic rings. The second-order valence-electron chi connectivity index (χ2n) is 5.76. The highest BCUT2D eigenvalue weighted by Gasteiger charge is 2.22. The van der Waals surface area contributed by atoms with Crippen molar-refractivity contribution in [3.05, 3.63) is 29.8 Å². The third kappa shape index (κ3) is 3.33. The summed E-state index contributed by atoms with van der Waals surface area (Å²) in [6.07, 6.45) is 1.13. The second kappa shape index (κ2) is 7.09. The van der Waals surface area contributed by atoms with Crippen molar-refractivity contribution >= 4 is 5.69 Å². The number of nitrogens with zero attached hydrogens (tertiary/aromatic N) is 2. The lowest BCUT2D eigenvalue weighted by Crippen LogP contribution is -2.51. The minimum atomic E-state index is 0.472. The molecule has 3 nitrogen and oxygen atoms in total. The van der Waals surface area contributed by atoms with E-state index in [1.54, 1.807) is 0 Å². The van der Waals surface area contributed by atoms with Gasteiger partial charge in [-0.1, -0.05) is 26.0 Å². The number of hydrogen-bond acceptors (Lipinski definition) is 3. The van der Waals surface area contributed by atoms with Crippen LogP contribution in [-0.4, -0.2) is 44.2 Å². The molecule has 20 heavy (non-hydrogen) atoms. The van der Waals surface area contributed by atoms with Crippen LogP contribution in [0.1, 0.15) is 38.8 Å². The van der Waals surface area contributed by atoms with Gasteiger partial charge in [-0.2, -0.15) is 0 Å². The predicted octanol–water partition coefficient (Wildman–Crippen LogP) is 2.89. The van der Waals surface area contributed by atoms with Crippen LogP contribution in [0.2, 0.25) is 0 Å². The topological polar surface area (TPSA) is 18.5 Å². The molecule has 0 radical (unpaired) electrons. The molecule has 1 N–H and O–H groups in total. The van der Waals surface area contributed by atoms with E-state index in [0.29, 0.717) is 12.1 Å². The molecule has 3 heteroatoms. The minimum absolute atomic E-state index is 0.472. The molecule has 2 atom stereocenters. The lowest BCUT2D eigenvalue weighted by Gasteiger charge is -2.40. The standard InChI is InChI=1S/C17H29N3/c1-5-17(18-4)15-7-9-16(10-8-15)20-12-11-19(6-2)14(3)13-20/h7-10,14,17-18H,5-6,11-13H2,1-4H3. The van der Waals surface area contributed by atoms with Gasteiger partial charge in [0, 0.05) is 37.4 Å². The number of anilines is 1. The average molecular weight is 275 g/mol. The quantitative estimate of drug-likeness (QED) is 0.891. The summed E-state index contributed by atoms with van der Waals surface area (Å²) < 4.78 is 0. The molecular formula is C17H29N3. The van der Waals surface area contributed by atoms with Crippen LogP contribution >= 0.6 is 0 Å².